The maximum absolute atomic E-state index is 13.6. The van der Waals surface area contributed by atoms with Crippen molar-refractivity contribution in [3.63, 3.8) is 0 Å². The average Bonchev–Trinajstić information content (AvgIpc) is 3.54. The first-order valence-corrected chi connectivity index (χ1v) is 11.9. The Morgan fingerprint density at radius 1 is 1.06 bits per heavy atom. The molecule has 6 nitrogen and oxygen atoms in total. The van der Waals surface area contributed by atoms with Crippen molar-refractivity contribution in [1.29, 1.82) is 0 Å². The molecule has 0 unspecified atom stereocenters. The highest BCUT2D eigenvalue weighted by Gasteiger charge is 2.28. The first-order valence-electron chi connectivity index (χ1n) is 11.9. The number of aromatic nitrogens is 1. The van der Waals surface area contributed by atoms with Gasteiger partial charge in [-0.1, -0.05) is 30.3 Å². The highest BCUT2D eigenvalue weighted by molar-refractivity contribution is 6.07. The van der Waals surface area contributed by atoms with Crippen molar-refractivity contribution in [1.82, 2.24) is 4.98 Å². The average molecular weight is 478 g/mol. The van der Waals surface area contributed by atoms with Crippen LogP contribution in [0.3, 0.4) is 0 Å². The van der Waals surface area contributed by atoms with Gasteiger partial charge < -0.3 is 13.6 Å². The summed E-state index contributed by atoms with van der Waals surface area (Å²) in [6.07, 6.45) is 5.04. The van der Waals surface area contributed by atoms with Crippen LogP contribution in [0.1, 0.15) is 50.5 Å². The summed E-state index contributed by atoms with van der Waals surface area (Å²) in [6, 6.07) is 16.6. The number of ether oxygens (including phenoxy) is 1. The summed E-state index contributed by atoms with van der Waals surface area (Å²) in [5, 5.41) is 1.52. The van der Waals surface area contributed by atoms with Gasteiger partial charge in [-0.3, -0.25) is 0 Å². The monoisotopic (exact) mass is 477 g/mol. The molecular formula is C30H23NO5. The lowest BCUT2D eigenvalue weighted by atomic mass is 10.0. The van der Waals surface area contributed by atoms with Crippen LogP contribution in [0.25, 0.3) is 33.5 Å². The van der Waals surface area contributed by atoms with Gasteiger partial charge in [0.05, 0.1) is 23.0 Å². The van der Waals surface area contributed by atoms with Crippen LogP contribution in [0.4, 0.5) is 0 Å². The van der Waals surface area contributed by atoms with Crippen LogP contribution in [0.2, 0.25) is 0 Å². The zero-order valence-corrected chi connectivity index (χ0v) is 20.0. The van der Waals surface area contributed by atoms with Crippen LogP contribution in [0, 0.1) is 13.8 Å². The second-order valence-corrected chi connectivity index (χ2v) is 9.07. The number of furan rings is 1. The van der Waals surface area contributed by atoms with E-state index in [4.69, 9.17) is 18.6 Å². The molecule has 6 rings (SSSR count). The van der Waals surface area contributed by atoms with Crippen molar-refractivity contribution >= 4 is 39.5 Å². The van der Waals surface area contributed by atoms with E-state index in [-0.39, 0.29) is 6.61 Å². The third-order valence-corrected chi connectivity index (χ3v) is 6.88. The number of benzene rings is 2. The number of aryl methyl sites for hydroxylation is 2. The number of hydrogen-bond acceptors (Lipinski definition) is 6. The molecule has 0 saturated carbocycles. The summed E-state index contributed by atoms with van der Waals surface area (Å²) in [7, 11) is 0. The topological polar surface area (TPSA) is 82.5 Å². The number of allylic oxidation sites excluding steroid dienone is 1. The van der Waals surface area contributed by atoms with E-state index in [1.165, 1.54) is 6.07 Å². The number of carbonyl (C=O) groups is 1. The molecule has 0 saturated heterocycles. The van der Waals surface area contributed by atoms with Gasteiger partial charge in [-0.15, -0.1) is 0 Å². The van der Waals surface area contributed by atoms with Crippen molar-refractivity contribution in [3.8, 4) is 0 Å². The van der Waals surface area contributed by atoms with E-state index in [1.807, 2.05) is 68.5 Å². The van der Waals surface area contributed by atoms with E-state index in [0.29, 0.717) is 23.1 Å². The Hall–Kier alpha value is -4.45. The normalized spacial score (nSPS) is 14.0. The second-order valence-electron chi connectivity index (χ2n) is 9.07. The number of rotatable bonds is 4. The molecule has 0 aliphatic heterocycles. The smallest absolute Gasteiger partial charge is 0.339 e. The molecule has 6 heteroatoms. The molecule has 5 aromatic rings. The fourth-order valence-electron chi connectivity index (χ4n) is 4.92. The van der Waals surface area contributed by atoms with Crippen molar-refractivity contribution in [2.75, 3.05) is 0 Å². The second kappa shape index (κ2) is 8.64. The van der Waals surface area contributed by atoms with Gasteiger partial charge in [0.1, 0.15) is 18.0 Å². The summed E-state index contributed by atoms with van der Waals surface area (Å²) in [4.78, 5) is 30.7. The molecule has 3 aromatic heterocycles. The molecule has 0 N–H and O–H groups in total. The number of carbonyl (C=O) groups excluding carboxylic acids is 1. The van der Waals surface area contributed by atoms with Crippen molar-refractivity contribution in [2.45, 2.75) is 33.3 Å². The van der Waals surface area contributed by atoms with E-state index in [0.717, 1.165) is 56.4 Å². The number of pyridine rings is 1. The number of hydrogen-bond donors (Lipinski definition) is 0. The molecule has 36 heavy (non-hydrogen) atoms. The van der Waals surface area contributed by atoms with Crippen LogP contribution < -0.4 is 5.63 Å². The molecule has 0 atom stereocenters. The highest BCUT2D eigenvalue weighted by Crippen LogP contribution is 2.38. The first kappa shape index (κ1) is 22.0. The summed E-state index contributed by atoms with van der Waals surface area (Å²) >= 11 is 0. The summed E-state index contributed by atoms with van der Waals surface area (Å²) in [5.41, 5.74) is 6.55. The van der Waals surface area contributed by atoms with Crippen LogP contribution >= 0.6 is 0 Å². The Labute approximate surface area is 206 Å². The lowest BCUT2D eigenvalue weighted by molar-refractivity contribution is 0.0475. The van der Waals surface area contributed by atoms with Gasteiger partial charge in [0.2, 0.25) is 0 Å². The molecule has 3 heterocycles. The molecule has 0 amide bonds. The van der Waals surface area contributed by atoms with Crippen LogP contribution in [-0.2, 0) is 17.8 Å². The summed E-state index contributed by atoms with van der Waals surface area (Å²) in [5.74, 6) is 0.312. The summed E-state index contributed by atoms with van der Waals surface area (Å²) < 4.78 is 16.8. The molecule has 0 spiro atoms. The Bertz CT molecular complexity index is 1740. The van der Waals surface area contributed by atoms with Gasteiger partial charge in [0.25, 0.3) is 0 Å². The van der Waals surface area contributed by atoms with E-state index < -0.39 is 11.6 Å². The van der Waals surface area contributed by atoms with Gasteiger partial charge in [-0.2, -0.15) is 0 Å². The van der Waals surface area contributed by atoms with Crippen LogP contribution in [-0.4, -0.2) is 11.0 Å². The van der Waals surface area contributed by atoms with Gasteiger partial charge in [0.15, 0.2) is 0 Å². The molecule has 1 aliphatic rings. The minimum atomic E-state index is -0.467. The lowest BCUT2D eigenvalue weighted by Crippen LogP contribution is -2.12. The number of nitrogens with zero attached hydrogens (tertiary/aromatic N) is 1. The minimum absolute atomic E-state index is 0.0377. The predicted octanol–water partition coefficient (Wildman–Crippen LogP) is 6.39. The molecule has 178 valence electrons. The Morgan fingerprint density at radius 2 is 1.92 bits per heavy atom. The molecule has 2 aromatic carbocycles. The van der Waals surface area contributed by atoms with Crippen molar-refractivity contribution in [3.05, 3.63) is 111 Å². The van der Waals surface area contributed by atoms with Gasteiger partial charge in [0, 0.05) is 22.4 Å². The lowest BCUT2D eigenvalue weighted by Gasteiger charge is -2.13. The number of para-hydroxylation sites is 1. The van der Waals surface area contributed by atoms with Gasteiger partial charge in [-0.05, 0) is 73.2 Å². The van der Waals surface area contributed by atoms with E-state index in [2.05, 4.69) is 0 Å². The van der Waals surface area contributed by atoms with Crippen molar-refractivity contribution < 1.29 is 18.4 Å². The third kappa shape index (κ3) is 3.71. The fourth-order valence-corrected chi connectivity index (χ4v) is 4.92. The maximum Gasteiger partial charge on any atom is 0.339 e. The minimum Gasteiger partial charge on any atom is -0.465 e. The molecule has 0 radical (unpaired) electrons. The van der Waals surface area contributed by atoms with E-state index in [1.54, 1.807) is 6.26 Å². The SMILES string of the molecule is Cc1ccc2c(COC(=O)c3c4c(nc5ccccc35)C(=Cc3ccco3)CC4)cc(=O)oc2c1C. The Kier molecular flexibility index (Phi) is 5.29. The van der Waals surface area contributed by atoms with E-state index in [9.17, 15) is 9.59 Å². The third-order valence-electron chi connectivity index (χ3n) is 6.88. The molecular weight excluding hydrogens is 454 g/mol. The maximum atomic E-state index is 13.6. The zero-order chi connectivity index (χ0) is 24.8. The molecule has 0 fully saturated rings. The highest BCUT2D eigenvalue weighted by atomic mass is 16.5. The quantitative estimate of drug-likeness (QED) is 0.220. The summed E-state index contributed by atoms with van der Waals surface area (Å²) in [6.45, 7) is 3.84. The number of esters is 1. The van der Waals surface area contributed by atoms with Gasteiger partial charge >= 0.3 is 11.6 Å². The Morgan fingerprint density at radius 3 is 2.75 bits per heavy atom. The predicted molar refractivity (Wildman–Crippen MR) is 138 cm³/mol. The standard InChI is InChI=1S/C30H23NO5/c1-17-9-11-22-20(15-26(32)36-29(22)18(17)2)16-35-30(33)27-23-7-3-4-8-25(23)31-28-19(10-12-24(27)28)14-21-6-5-13-34-21/h3-9,11,13-15H,10,12,16H2,1-2H3. The fraction of sp³-hybridized carbons (Fsp3) is 0.167. The largest absolute Gasteiger partial charge is 0.465 e. The number of fused-ring (bicyclic) bond motifs is 3. The van der Waals surface area contributed by atoms with Crippen LogP contribution in [0.15, 0.2) is 74.5 Å². The van der Waals surface area contributed by atoms with Crippen molar-refractivity contribution in [2.24, 2.45) is 0 Å². The van der Waals surface area contributed by atoms with Gasteiger partial charge in [-0.25, -0.2) is 14.6 Å². The van der Waals surface area contributed by atoms with Crippen LogP contribution in [0.5, 0.6) is 0 Å². The zero-order valence-electron chi connectivity index (χ0n) is 20.0. The first-order chi connectivity index (χ1) is 17.5. The molecule has 1 aliphatic carbocycles. The molecule has 0 bridgehead atoms. The Balaban J connectivity index is 1.40. The van der Waals surface area contributed by atoms with E-state index >= 15 is 0 Å².